The summed E-state index contributed by atoms with van der Waals surface area (Å²) in [5.41, 5.74) is 0. The molecule has 5 heteroatoms. The number of unbranched alkanes of at least 4 members (excludes halogenated alkanes) is 1. The molecule has 0 spiro atoms. The van der Waals surface area contributed by atoms with Crippen molar-refractivity contribution in [2.75, 3.05) is 40.9 Å². The van der Waals surface area contributed by atoms with E-state index in [2.05, 4.69) is 33.1 Å². The molecule has 0 rings (SSSR count). The number of nitrogens with zero attached hydrogens (tertiary/aromatic N) is 4. The van der Waals surface area contributed by atoms with E-state index in [1.54, 1.807) is 0 Å². The van der Waals surface area contributed by atoms with Crippen LogP contribution in [0.25, 0.3) is 5.41 Å². The van der Waals surface area contributed by atoms with Crippen molar-refractivity contribution in [2.24, 2.45) is 4.99 Å². The van der Waals surface area contributed by atoms with Crippen LogP contribution in [0.5, 0.6) is 0 Å². The van der Waals surface area contributed by atoms with Gasteiger partial charge in [-0.05, 0) is 6.42 Å². The Labute approximate surface area is 98.5 Å². The molecular formula is C11H22N4O. The topological polar surface area (TPSA) is 67.7 Å². The molecule has 0 amide bonds. The Balaban J connectivity index is 0. The Morgan fingerprint density at radius 3 is 2.25 bits per heavy atom. The standard InChI is InChI=1S/C9H22NO.C2N3/c1-5-6-8-11-9-7-10(2,3)4;3-1-5-2-4/h5-9H2,1-4H3;/q+1;-1. The molecule has 0 fully saturated rings. The second-order valence-corrected chi connectivity index (χ2v) is 4.29. The van der Waals surface area contributed by atoms with Crippen LogP contribution in [0.4, 0.5) is 0 Å². The lowest BCUT2D eigenvalue weighted by molar-refractivity contribution is -0.870. The Morgan fingerprint density at radius 2 is 1.94 bits per heavy atom. The maximum absolute atomic E-state index is 7.43. The van der Waals surface area contributed by atoms with Crippen molar-refractivity contribution in [3.8, 4) is 6.19 Å². The van der Waals surface area contributed by atoms with Gasteiger partial charge in [0.2, 0.25) is 0 Å². The molecule has 0 N–H and O–H groups in total. The first-order valence-electron chi connectivity index (χ1n) is 5.34. The lowest BCUT2D eigenvalue weighted by atomic mass is 10.4. The monoisotopic (exact) mass is 226 g/mol. The van der Waals surface area contributed by atoms with Gasteiger partial charge in [0.1, 0.15) is 6.54 Å². The minimum atomic E-state index is 0.892. The molecule has 0 aromatic rings. The molecule has 0 heterocycles. The molecule has 0 aliphatic carbocycles. The van der Waals surface area contributed by atoms with Gasteiger partial charge < -0.3 is 19.6 Å². The second-order valence-electron chi connectivity index (χ2n) is 4.29. The molecule has 0 unspecified atom stereocenters. The van der Waals surface area contributed by atoms with E-state index in [9.17, 15) is 0 Å². The zero-order chi connectivity index (χ0) is 12.9. The van der Waals surface area contributed by atoms with E-state index in [1.807, 2.05) is 0 Å². The van der Waals surface area contributed by atoms with Crippen LogP contribution < -0.4 is 0 Å². The summed E-state index contributed by atoms with van der Waals surface area (Å²) in [6.07, 6.45) is 3.70. The van der Waals surface area contributed by atoms with Crippen molar-refractivity contribution < 1.29 is 9.22 Å². The summed E-state index contributed by atoms with van der Waals surface area (Å²) >= 11 is 0. The normalized spacial score (nSPS) is 9.44. The van der Waals surface area contributed by atoms with Crippen molar-refractivity contribution in [1.82, 2.24) is 0 Å². The predicted molar refractivity (Wildman–Crippen MR) is 65.0 cm³/mol. The van der Waals surface area contributed by atoms with Crippen molar-refractivity contribution in [1.29, 1.82) is 5.26 Å². The molecule has 0 aromatic carbocycles. The SMILES string of the molecule is CCCCOCC[N+](C)(C)C.N#CN=C=[N-]. The third kappa shape index (κ3) is 23.0. The Morgan fingerprint density at radius 1 is 1.31 bits per heavy atom. The van der Waals surface area contributed by atoms with Crippen LogP contribution in [0.3, 0.4) is 0 Å². The highest BCUT2D eigenvalue weighted by atomic mass is 16.5. The van der Waals surface area contributed by atoms with Gasteiger partial charge in [0.15, 0.2) is 0 Å². The third-order valence-corrected chi connectivity index (χ3v) is 1.65. The van der Waals surface area contributed by atoms with Crippen molar-refractivity contribution in [3.63, 3.8) is 0 Å². The zero-order valence-corrected chi connectivity index (χ0v) is 10.7. The lowest BCUT2D eigenvalue weighted by Gasteiger charge is -2.23. The van der Waals surface area contributed by atoms with Gasteiger partial charge >= 0.3 is 0 Å². The average molecular weight is 226 g/mol. The molecule has 0 aliphatic heterocycles. The van der Waals surface area contributed by atoms with Crippen LogP contribution in [0.15, 0.2) is 4.99 Å². The van der Waals surface area contributed by atoms with Crippen LogP contribution >= 0.6 is 0 Å². The lowest BCUT2D eigenvalue weighted by Crippen LogP contribution is -2.37. The maximum Gasteiger partial charge on any atom is 0.102 e. The van der Waals surface area contributed by atoms with Gasteiger partial charge in [-0.25, -0.2) is 0 Å². The van der Waals surface area contributed by atoms with Gasteiger partial charge in [0, 0.05) is 6.61 Å². The van der Waals surface area contributed by atoms with Gasteiger partial charge in [-0.1, -0.05) is 13.3 Å². The summed E-state index contributed by atoms with van der Waals surface area (Å²) in [5.74, 6) is 0. The van der Waals surface area contributed by atoms with Gasteiger partial charge in [-0.15, -0.1) is 6.01 Å². The molecule has 0 aromatic heterocycles. The average Bonchev–Trinajstić information content (AvgIpc) is 2.18. The number of nitriles is 1. The number of ether oxygens (including phenoxy) is 1. The number of hydrogen-bond donors (Lipinski definition) is 0. The number of rotatable bonds is 6. The molecule has 16 heavy (non-hydrogen) atoms. The molecule has 0 saturated heterocycles. The first-order chi connectivity index (χ1) is 7.47. The van der Waals surface area contributed by atoms with E-state index in [-0.39, 0.29) is 0 Å². The third-order valence-electron chi connectivity index (χ3n) is 1.65. The van der Waals surface area contributed by atoms with E-state index >= 15 is 0 Å². The van der Waals surface area contributed by atoms with Crippen LogP contribution in [0.1, 0.15) is 19.8 Å². The summed E-state index contributed by atoms with van der Waals surface area (Å²) < 4.78 is 6.43. The molecule has 5 nitrogen and oxygen atoms in total. The van der Waals surface area contributed by atoms with E-state index < -0.39 is 0 Å². The molecular weight excluding hydrogens is 204 g/mol. The van der Waals surface area contributed by atoms with E-state index in [0.717, 1.165) is 24.2 Å². The van der Waals surface area contributed by atoms with Gasteiger partial charge in [-0.3, -0.25) is 0 Å². The van der Waals surface area contributed by atoms with Gasteiger partial charge in [0.05, 0.1) is 33.9 Å². The summed E-state index contributed by atoms with van der Waals surface area (Å²) in [5, 5.41) is 14.9. The minimum absolute atomic E-state index is 0.892. The van der Waals surface area contributed by atoms with Gasteiger partial charge in [-0.2, -0.15) is 5.26 Å². The molecule has 0 aliphatic rings. The minimum Gasteiger partial charge on any atom is -0.422 e. The quantitative estimate of drug-likeness (QED) is 0.299. The van der Waals surface area contributed by atoms with E-state index in [1.165, 1.54) is 25.0 Å². The second kappa shape index (κ2) is 11.9. The molecule has 0 radical (unpaired) electrons. The first-order valence-corrected chi connectivity index (χ1v) is 5.34. The Bertz CT molecular complexity index is 233. The van der Waals surface area contributed by atoms with Crippen LogP contribution in [-0.4, -0.2) is 51.4 Å². The molecule has 0 saturated carbocycles. The number of hydrogen-bond acceptors (Lipinski definition) is 3. The van der Waals surface area contributed by atoms with Gasteiger partial charge in [0.25, 0.3) is 0 Å². The number of aliphatic imine (C=N–C) groups is 1. The summed E-state index contributed by atoms with van der Waals surface area (Å²) in [6.45, 7) is 5.10. The number of likely N-dealkylation sites (N-methyl/N-ethyl adjacent to an activating group) is 1. The predicted octanol–water partition coefficient (Wildman–Crippen LogP) is 1.72. The highest BCUT2D eigenvalue weighted by molar-refractivity contribution is 5.46. The summed E-state index contributed by atoms with van der Waals surface area (Å²) in [4.78, 5) is 2.58. The van der Waals surface area contributed by atoms with E-state index in [0.29, 0.717) is 0 Å². The van der Waals surface area contributed by atoms with Crippen LogP contribution in [0.2, 0.25) is 0 Å². The van der Waals surface area contributed by atoms with Crippen molar-refractivity contribution >= 4 is 6.01 Å². The fraction of sp³-hybridized carbons (Fsp3) is 0.818. The van der Waals surface area contributed by atoms with Crippen molar-refractivity contribution in [3.05, 3.63) is 5.41 Å². The van der Waals surface area contributed by atoms with Crippen LogP contribution in [0, 0.1) is 11.5 Å². The van der Waals surface area contributed by atoms with Crippen LogP contribution in [-0.2, 0) is 4.74 Å². The smallest absolute Gasteiger partial charge is 0.102 e. The van der Waals surface area contributed by atoms with E-state index in [4.69, 9.17) is 15.4 Å². The summed E-state index contributed by atoms with van der Waals surface area (Å²) in [6, 6.07) is 1.28. The highest BCUT2D eigenvalue weighted by Gasteiger charge is 2.04. The zero-order valence-electron chi connectivity index (χ0n) is 10.7. The molecule has 92 valence electrons. The maximum atomic E-state index is 7.43. The first kappa shape index (κ1) is 17.2. The fourth-order valence-electron chi connectivity index (χ4n) is 0.709. The molecule has 0 atom stereocenters. The molecule has 0 bridgehead atoms. The largest absolute Gasteiger partial charge is 0.422 e. The summed E-state index contributed by atoms with van der Waals surface area (Å²) in [7, 11) is 6.55. The highest BCUT2D eigenvalue weighted by Crippen LogP contribution is 1.91. The fourth-order valence-corrected chi connectivity index (χ4v) is 0.709. The Hall–Kier alpha value is -1.21. The van der Waals surface area contributed by atoms with Crippen molar-refractivity contribution in [2.45, 2.75) is 19.8 Å². The Kier molecular flexibility index (Phi) is 12.7. The number of quaternary nitrogens is 1.